The highest BCUT2D eigenvalue weighted by atomic mass is 35.5. The number of anilines is 1. The first-order valence-electron chi connectivity index (χ1n) is 11.6. The maximum absolute atomic E-state index is 13.3. The van der Waals surface area contributed by atoms with E-state index >= 15 is 0 Å². The average Bonchev–Trinajstić information content (AvgIpc) is 2.82. The van der Waals surface area contributed by atoms with Crippen molar-refractivity contribution in [2.24, 2.45) is 0 Å². The Kier molecular flexibility index (Phi) is 8.22. The molecule has 0 radical (unpaired) electrons. The molecule has 37 heavy (non-hydrogen) atoms. The van der Waals surface area contributed by atoms with Crippen LogP contribution < -0.4 is 5.32 Å². The van der Waals surface area contributed by atoms with E-state index in [1.807, 2.05) is 36.4 Å². The first-order chi connectivity index (χ1) is 17.2. The minimum atomic E-state index is -4.55. The molecule has 2 atom stereocenters. The van der Waals surface area contributed by atoms with Crippen molar-refractivity contribution in [2.75, 3.05) is 12.4 Å². The zero-order chi connectivity index (χ0) is 27.7. The van der Waals surface area contributed by atoms with Gasteiger partial charge in [-0.1, -0.05) is 41.9 Å². The van der Waals surface area contributed by atoms with Gasteiger partial charge < -0.3 is 15.3 Å². The van der Waals surface area contributed by atoms with E-state index in [4.69, 9.17) is 11.6 Å². The summed E-state index contributed by atoms with van der Waals surface area (Å²) in [7, 11) is 1.46. The molecule has 2 N–H and O–H groups in total. The standard InChI is InChI=1S/C28H28ClF3N2O3/c1-15-11-21(12-16(2)25(15)26(35)34(5)18(4)27(36)37)20-7-6-8-22(13-20)33-17(3)19-9-10-24(29)23(14-19)28(30,31)32/h6-14,17-18,33H,1-5H3,(H,36,37)/t17?,18-/m0/s1. The van der Waals surface area contributed by atoms with Gasteiger partial charge in [0.15, 0.2) is 0 Å². The molecule has 0 aliphatic heterocycles. The van der Waals surface area contributed by atoms with E-state index in [9.17, 15) is 27.9 Å². The summed E-state index contributed by atoms with van der Waals surface area (Å²) in [6.07, 6.45) is -4.55. The van der Waals surface area contributed by atoms with Gasteiger partial charge in [-0.15, -0.1) is 0 Å². The highest BCUT2D eigenvalue weighted by Crippen LogP contribution is 2.37. The molecule has 3 aromatic carbocycles. The van der Waals surface area contributed by atoms with E-state index < -0.39 is 29.8 Å². The number of aliphatic carboxylic acids is 1. The summed E-state index contributed by atoms with van der Waals surface area (Å²) in [6, 6.07) is 13.6. The molecule has 0 saturated carbocycles. The topological polar surface area (TPSA) is 69.6 Å². The van der Waals surface area contributed by atoms with Crippen LogP contribution >= 0.6 is 11.6 Å². The number of likely N-dealkylation sites (N-methyl/N-ethyl adjacent to an activating group) is 1. The second-order valence-electron chi connectivity index (χ2n) is 9.10. The second kappa shape index (κ2) is 10.8. The Hall–Kier alpha value is -3.52. The van der Waals surface area contributed by atoms with Gasteiger partial charge in [0.1, 0.15) is 6.04 Å². The van der Waals surface area contributed by atoms with Gasteiger partial charge in [0, 0.05) is 24.3 Å². The van der Waals surface area contributed by atoms with Crippen LogP contribution in [0.15, 0.2) is 54.6 Å². The summed E-state index contributed by atoms with van der Waals surface area (Å²) in [4.78, 5) is 25.5. The molecule has 0 saturated heterocycles. The molecule has 0 aliphatic rings. The minimum absolute atomic E-state index is 0.346. The van der Waals surface area contributed by atoms with Crippen LogP contribution in [0.3, 0.4) is 0 Å². The van der Waals surface area contributed by atoms with Crippen LogP contribution in [0.1, 0.15) is 52.5 Å². The van der Waals surface area contributed by atoms with Gasteiger partial charge in [-0.3, -0.25) is 4.79 Å². The zero-order valence-electron chi connectivity index (χ0n) is 21.1. The van der Waals surface area contributed by atoms with Gasteiger partial charge in [-0.05, 0) is 79.8 Å². The molecule has 196 valence electrons. The molecule has 1 unspecified atom stereocenters. The molecular weight excluding hydrogens is 505 g/mol. The molecule has 9 heteroatoms. The van der Waals surface area contributed by atoms with Crippen LogP contribution in [-0.4, -0.2) is 35.0 Å². The molecule has 0 spiro atoms. The normalized spacial score (nSPS) is 13.1. The maximum Gasteiger partial charge on any atom is 0.417 e. The summed E-state index contributed by atoms with van der Waals surface area (Å²) in [5.74, 6) is -1.46. The van der Waals surface area contributed by atoms with Crippen molar-refractivity contribution in [1.29, 1.82) is 0 Å². The van der Waals surface area contributed by atoms with E-state index in [1.165, 1.54) is 24.9 Å². The number of carbonyl (C=O) groups excluding carboxylic acids is 1. The van der Waals surface area contributed by atoms with E-state index in [0.717, 1.165) is 17.2 Å². The highest BCUT2D eigenvalue weighted by Gasteiger charge is 2.33. The van der Waals surface area contributed by atoms with Gasteiger partial charge in [0.2, 0.25) is 0 Å². The third kappa shape index (κ3) is 6.25. The molecule has 0 fully saturated rings. The first kappa shape index (κ1) is 28.1. The van der Waals surface area contributed by atoms with Gasteiger partial charge in [0.25, 0.3) is 5.91 Å². The Morgan fingerprint density at radius 1 is 0.973 bits per heavy atom. The van der Waals surface area contributed by atoms with Crippen LogP contribution in [0.2, 0.25) is 5.02 Å². The molecule has 3 rings (SSSR count). The predicted octanol–water partition coefficient (Wildman–Crippen LogP) is 7.36. The lowest BCUT2D eigenvalue weighted by Gasteiger charge is -2.24. The maximum atomic E-state index is 13.3. The minimum Gasteiger partial charge on any atom is -0.480 e. The second-order valence-corrected chi connectivity index (χ2v) is 9.51. The Labute approximate surface area is 218 Å². The Morgan fingerprint density at radius 2 is 1.59 bits per heavy atom. The fraction of sp³-hybridized carbons (Fsp3) is 0.286. The van der Waals surface area contributed by atoms with E-state index in [2.05, 4.69) is 5.32 Å². The quantitative estimate of drug-likeness (QED) is 0.333. The third-order valence-electron chi connectivity index (χ3n) is 6.38. The summed E-state index contributed by atoms with van der Waals surface area (Å²) in [6.45, 7) is 6.81. The Morgan fingerprint density at radius 3 is 2.16 bits per heavy atom. The number of carbonyl (C=O) groups is 2. The van der Waals surface area contributed by atoms with Crippen LogP contribution in [0.4, 0.5) is 18.9 Å². The van der Waals surface area contributed by atoms with Crippen molar-refractivity contribution in [3.63, 3.8) is 0 Å². The van der Waals surface area contributed by atoms with E-state index in [0.29, 0.717) is 27.9 Å². The van der Waals surface area contributed by atoms with Crippen LogP contribution in [0.5, 0.6) is 0 Å². The Bertz CT molecular complexity index is 1320. The van der Waals surface area contributed by atoms with Gasteiger partial charge in [-0.25, -0.2) is 4.79 Å². The number of carboxylic acid groups (broad SMARTS) is 1. The summed E-state index contributed by atoms with van der Waals surface area (Å²) in [5.41, 5.74) is 3.83. The fourth-order valence-electron chi connectivity index (χ4n) is 4.14. The number of benzene rings is 3. The lowest BCUT2D eigenvalue weighted by Crippen LogP contribution is -2.40. The van der Waals surface area contributed by atoms with Crippen molar-refractivity contribution in [3.05, 3.63) is 87.4 Å². The van der Waals surface area contributed by atoms with Crippen molar-refractivity contribution in [3.8, 4) is 11.1 Å². The number of aryl methyl sites for hydroxylation is 2. The van der Waals surface area contributed by atoms with E-state index in [1.54, 1.807) is 26.8 Å². The number of carboxylic acids is 1. The van der Waals surface area contributed by atoms with Crippen LogP contribution in [0, 0.1) is 13.8 Å². The summed E-state index contributed by atoms with van der Waals surface area (Å²) >= 11 is 5.75. The fourth-order valence-corrected chi connectivity index (χ4v) is 4.36. The molecule has 5 nitrogen and oxygen atoms in total. The summed E-state index contributed by atoms with van der Waals surface area (Å²) < 4.78 is 39.8. The number of hydrogen-bond acceptors (Lipinski definition) is 3. The molecule has 0 heterocycles. The molecule has 0 aliphatic carbocycles. The largest absolute Gasteiger partial charge is 0.480 e. The van der Waals surface area contributed by atoms with Crippen molar-refractivity contribution >= 4 is 29.2 Å². The molecule has 1 amide bonds. The monoisotopic (exact) mass is 532 g/mol. The number of rotatable bonds is 7. The number of alkyl halides is 3. The number of halogens is 4. The van der Waals surface area contributed by atoms with Crippen molar-refractivity contribution < 1.29 is 27.9 Å². The number of nitrogens with zero attached hydrogens (tertiary/aromatic N) is 1. The van der Waals surface area contributed by atoms with E-state index in [-0.39, 0.29) is 10.9 Å². The molecule has 0 bridgehead atoms. The number of nitrogens with one attached hydrogen (secondary N) is 1. The Balaban J connectivity index is 1.87. The molecule has 0 aromatic heterocycles. The smallest absolute Gasteiger partial charge is 0.417 e. The third-order valence-corrected chi connectivity index (χ3v) is 6.71. The molecular formula is C28H28ClF3N2O3. The zero-order valence-corrected chi connectivity index (χ0v) is 21.8. The van der Waals surface area contributed by atoms with Crippen LogP contribution in [0.25, 0.3) is 11.1 Å². The SMILES string of the molecule is Cc1cc(-c2cccc(NC(C)c3ccc(Cl)c(C(F)(F)F)c3)c2)cc(C)c1C(=O)N(C)[C@@H](C)C(=O)O. The number of hydrogen-bond donors (Lipinski definition) is 2. The van der Waals surface area contributed by atoms with Crippen molar-refractivity contribution in [1.82, 2.24) is 4.90 Å². The first-order valence-corrected chi connectivity index (χ1v) is 11.9. The van der Waals surface area contributed by atoms with Gasteiger partial charge in [-0.2, -0.15) is 13.2 Å². The lowest BCUT2D eigenvalue weighted by atomic mass is 9.94. The molecule has 3 aromatic rings. The number of amides is 1. The highest BCUT2D eigenvalue weighted by molar-refractivity contribution is 6.31. The predicted molar refractivity (Wildman–Crippen MR) is 139 cm³/mol. The summed E-state index contributed by atoms with van der Waals surface area (Å²) in [5, 5.41) is 12.1. The van der Waals surface area contributed by atoms with Crippen molar-refractivity contribution in [2.45, 2.75) is 46.0 Å². The van der Waals surface area contributed by atoms with Gasteiger partial charge in [0.05, 0.1) is 10.6 Å². The van der Waals surface area contributed by atoms with Gasteiger partial charge >= 0.3 is 12.1 Å². The van der Waals surface area contributed by atoms with Crippen LogP contribution in [-0.2, 0) is 11.0 Å². The average molecular weight is 533 g/mol. The lowest BCUT2D eigenvalue weighted by molar-refractivity contribution is -0.141.